The SMILES string of the molecule is CC#CC(=O)NCCc1cc(-n2nc(Br)c3cnc(N[C@@H]4CC[C@@](C)(C(=O)NC)C4)nc32)cc2cccnc12. The first kappa shape index (κ1) is 26.6. The molecule has 4 aromatic rings. The minimum atomic E-state index is -0.403. The molecule has 3 aromatic heterocycles. The van der Waals surface area contributed by atoms with Crippen LogP contribution in [0, 0.1) is 17.3 Å². The Bertz CT molecular complexity index is 1640. The van der Waals surface area contributed by atoms with Gasteiger partial charge in [0.25, 0.3) is 5.91 Å². The molecule has 3 N–H and O–H groups in total. The van der Waals surface area contributed by atoms with Crippen LogP contribution in [0.1, 0.15) is 38.7 Å². The van der Waals surface area contributed by atoms with Crippen molar-refractivity contribution in [1.82, 2.24) is 35.4 Å². The van der Waals surface area contributed by atoms with Gasteiger partial charge in [0, 0.05) is 42.8 Å². The van der Waals surface area contributed by atoms with Gasteiger partial charge >= 0.3 is 0 Å². The fourth-order valence-electron chi connectivity index (χ4n) is 5.20. The Kier molecular flexibility index (Phi) is 7.48. The number of amides is 2. The summed E-state index contributed by atoms with van der Waals surface area (Å²) in [5.41, 5.74) is 2.90. The van der Waals surface area contributed by atoms with Crippen molar-refractivity contribution in [2.45, 2.75) is 45.6 Å². The highest BCUT2D eigenvalue weighted by Gasteiger charge is 2.41. The van der Waals surface area contributed by atoms with Crippen LogP contribution in [0.2, 0.25) is 0 Å². The summed E-state index contributed by atoms with van der Waals surface area (Å²) in [4.78, 5) is 38.1. The standard InChI is InChI=1S/C28H29BrN8O2/c1-4-6-22(38)31-12-9-18-14-20(13-17-7-5-11-32-23(17)18)37-25-21(24(29)36-37)16-33-27(35-25)34-19-8-10-28(2,15-19)26(39)30-3/h5,7,11,13-14,16,19H,8-10,12,15H2,1-3H3,(H,30,39)(H,31,38)(H,33,34,35)/t19-,28-/m1/s1. The Balaban J connectivity index is 1.47. The lowest BCUT2D eigenvalue weighted by molar-refractivity contribution is -0.129. The summed E-state index contributed by atoms with van der Waals surface area (Å²) >= 11 is 3.56. The van der Waals surface area contributed by atoms with Gasteiger partial charge in [0.05, 0.1) is 16.6 Å². The van der Waals surface area contributed by atoms with Crippen molar-refractivity contribution >= 4 is 55.6 Å². The molecule has 0 radical (unpaired) electrons. The maximum absolute atomic E-state index is 12.3. The van der Waals surface area contributed by atoms with Gasteiger partial charge in [-0.1, -0.05) is 18.9 Å². The number of halogens is 1. The van der Waals surface area contributed by atoms with E-state index in [-0.39, 0.29) is 17.9 Å². The molecular formula is C28H29BrN8O2. The number of anilines is 1. The normalized spacial score (nSPS) is 18.5. The number of hydrogen-bond donors (Lipinski definition) is 3. The largest absolute Gasteiger partial charge is 0.359 e. The lowest BCUT2D eigenvalue weighted by atomic mass is 9.87. The van der Waals surface area contributed by atoms with Crippen molar-refractivity contribution in [1.29, 1.82) is 0 Å². The van der Waals surface area contributed by atoms with Gasteiger partial charge in [0.2, 0.25) is 11.9 Å². The summed E-state index contributed by atoms with van der Waals surface area (Å²) in [6.45, 7) is 4.06. The predicted octanol–water partition coefficient (Wildman–Crippen LogP) is 3.52. The fourth-order valence-corrected chi connectivity index (χ4v) is 5.64. The zero-order valence-corrected chi connectivity index (χ0v) is 23.6. The highest BCUT2D eigenvalue weighted by Crippen LogP contribution is 2.39. The summed E-state index contributed by atoms with van der Waals surface area (Å²) in [6, 6.07) is 8.03. The second-order valence-electron chi connectivity index (χ2n) is 9.92. The fraction of sp³-hybridized carbons (Fsp3) is 0.357. The zero-order chi connectivity index (χ0) is 27.6. The van der Waals surface area contributed by atoms with E-state index in [0.717, 1.165) is 40.4 Å². The van der Waals surface area contributed by atoms with Gasteiger partial charge in [-0.15, -0.1) is 0 Å². The summed E-state index contributed by atoms with van der Waals surface area (Å²) < 4.78 is 2.42. The second kappa shape index (κ2) is 11.0. The minimum absolute atomic E-state index is 0.0598. The van der Waals surface area contributed by atoms with E-state index in [1.165, 1.54) is 0 Å². The molecule has 0 unspecified atom stereocenters. The van der Waals surface area contributed by atoms with E-state index in [0.29, 0.717) is 35.6 Å². The number of benzene rings is 1. The Morgan fingerprint density at radius 2 is 2.13 bits per heavy atom. The monoisotopic (exact) mass is 588 g/mol. The van der Waals surface area contributed by atoms with Crippen LogP contribution in [0.15, 0.2) is 41.3 Å². The third-order valence-electron chi connectivity index (χ3n) is 7.16. The van der Waals surface area contributed by atoms with Crippen molar-refractivity contribution in [3.8, 4) is 17.5 Å². The molecule has 11 heteroatoms. The topological polar surface area (TPSA) is 127 Å². The summed E-state index contributed by atoms with van der Waals surface area (Å²) in [5.74, 6) is 5.35. The first-order valence-electron chi connectivity index (χ1n) is 12.8. The van der Waals surface area contributed by atoms with Gasteiger partial charge in [-0.05, 0) is 78.2 Å². The van der Waals surface area contributed by atoms with Crippen LogP contribution in [-0.2, 0) is 16.0 Å². The van der Waals surface area contributed by atoms with Gasteiger partial charge in [-0.3, -0.25) is 14.6 Å². The number of pyridine rings is 1. The number of hydrogen-bond acceptors (Lipinski definition) is 7. The van der Waals surface area contributed by atoms with E-state index in [1.54, 1.807) is 31.0 Å². The maximum atomic E-state index is 12.3. The van der Waals surface area contributed by atoms with Crippen molar-refractivity contribution in [2.24, 2.45) is 5.41 Å². The highest BCUT2D eigenvalue weighted by atomic mass is 79.9. The van der Waals surface area contributed by atoms with Gasteiger partial charge in [-0.25, -0.2) is 9.67 Å². The minimum Gasteiger partial charge on any atom is -0.359 e. The molecule has 2 atom stereocenters. The highest BCUT2D eigenvalue weighted by molar-refractivity contribution is 9.10. The third kappa shape index (κ3) is 5.43. The van der Waals surface area contributed by atoms with Crippen LogP contribution in [0.5, 0.6) is 0 Å². The quantitative estimate of drug-likeness (QED) is 0.282. The van der Waals surface area contributed by atoms with E-state index < -0.39 is 5.41 Å². The van der Waals surface area contributed by atoms with Crippen LogP contribution in [0.3, 0.4) is 0 Å². The Hall–Kier alpha value is -4.04. The average Bonchev–Trinajstić information content (AvgIpc) is 3.48. The number of nitrogens with one attached hydrogen (secondary N) is 3. The summed E-state index contributed by atoms with van der Waals surface area (Å²) in [6.07, 6.45) is 6.45. The number of nitrogens with zero attached hydrogens (tertiary/aromatic N) is 5. The molecule has 0 spiro atoms. The number of fused-ring (bicyclic) bond motifs is 2. The van der Waals surface area contributed by atoms with E-state index in [9.17, 15) is 9.59 Å². The molecule has 1 aromatic carbocycles. The van der Waals surface area contributed by atoms with Crippen LogP contribution in [-0.4, -0.2) is 56.2 Å². The molecule has 3 heterocycles. The van der Waals surface area contributed by atoms with E-state index in [2.05, 4.69) is 53.7 Å². The lowest BCUT2D eigenvalue weighted by Gasteiger charge is -2.22. The van der Waals surface area contributed by atoms with Crippen LogP contribution >= 0.6 is 15.9 Å². The molecule has 2 amide bonds. The number of aromatic nitrogens is 5. The molecule has 1 saturated carbocycles. The molecule has 0 aliphatic heterocycles. The number of rotatable bonds is 7. The van der Waals surface area contributed by atoms with Crippen molar-refractivity contribution in [2.75, 3.05) is 18.9 Å². The second-order valence-corrected chi connectivity index (χ2v) is 10.7. The molecule has 1 aliphatic carbocycles. The van der Waals surface area contributed by atoms with Crippen LogP contribution in [0.4, 0.5) is 5.95 Å². The molecule has 10 nitrogen and oxygen atoms in total. The summed E-state index contributed by atoms with van der Waals surface area (Å²) in [7, 11) is 1.68. The Morgan fingerprint density at radius 1 is 1.28 bits per heavy atom. The molecule has 200 valence electrons. The summed E-state index contributed by atoms with van der Waals surface area (Å²) in [5, 5.41) is 15.5. The van der Waals surface area contributed by atoms with Gasteiger partial charge in [-0.2, -0.15) is 10.1 Å². The zero-order valence-electron chi connectivity index (χ0n) is 22.0. The van der Waals surface area contributed by atoms with Gasteiger partial charge in [0.15, 0.2) is 5.65 Å². The van der Waals surface area contributed by atoms with Crippen LogP contribution < -0.4 is 16.0 Å². The van der Waals surface area contributed by atoms with Crippen LogP contribution in [0.25, 0.3) is 27.6 Å². The number of carbonyl (C=O) groups excluding carboxylic acids is 2. The molecule has 0 bridgehead atoms. The van der Waals surface area contributed by atoms with Gasteiger partial charge in [0.1, 0.15) is 4.60 Å². The molecule has 39 heavy (non-hydrogen) atoms. The van der Waals surface area contributed by atoms with E-state index in [1.807, 2.05) is 31.2 Å². The molecule has 1 fully saturated rings. The third-order valence-corrected chi connectivity index (χ3v) is 7.75. The Morgan fingerprint density at radius 3 is 2.92 bits per heavy atom. The maximum Gasteiger partial charge on any atom is 0.295 e. The van der Waals surface area contributed by atoms with Gasteiger partial charge < -0.3 is 16.0 Å². The number of carbonyl (C=O) groups is 2. The molecular weight excluding hydrogens is 560 g/mol. The van der Waals surface area contributed by atoms with Crippen molar-refractivity contribution in [3.63, 3.8) is 0 Å². The van der Waals surface area contributed by atoms with E-state index in [4.69, 9.17) is 10.1 Å². The molecule has 0 saturated heterocycles. The first-order valence-corrected chi connectivity index (χ1v) is 13.6. The van der Waals surface area contributed by atoms with Crippen molar-refractivity contribution < 1.29 is 9.59 Å². The average molecular weight is 589 g/mol. The predicted molar refractivity (Wildman–Crippen MR) is 153 cm³/mol. The Labute approximate surface area is 234 Å². The van der Waals surface area contributed by atoms with E-state index >= 15 is 0 Å². The molecule has 1 aliphatic rings. The van der Waals surface area contributed by atoms with Crippen molar-refractivity contribution in [3.05, 3.63) is 46.8 Å². The first-order chi connectivity index (χ1) is 18.8. The lowest BCUT2D eigenvalue weighted by Crippen LogP contribution is -2.35. The molecule has 5 rings (SSSR count). The smallest absolute Gasteiger partial charge is 0.295 e.